The first-order valence-corrected chi connectivity index (χ1v) is 12.4. The number of hydrogen-bond donors (Lipinski definition) is 1. The Morgan fingerprint density at radius 2 is 1.76 bits per heavy atom. The average Bonchev–Trinajstić information content (AvgIpc) is 3.39. The number of benzene rings is 2. The molecule has 2 amide bonds. The van der Waals surface area contributed by atoms with E-state index < -0.39 is 0 Å². The highest BCUT2D eigenvalue weighted by molar-refractivity contribution is 7.16. The maximum atomic E-state index is 13.3. The molecule has 0 saturated carbocycles. The van der Waals surface area contributed by atoms with Gasteiger partial charge in [0.05, 0.1) is 11.6 Å². The number of carbonyl (C=O) groups excluding carboxylic acids is 2. The maximum Gasteiger partial charge on any atom is 0.257 e. The van der Waals surface area contributed by atoms with E-state index in [9.17, 15) is 9.59 Å². The topological polar surface area (TPSA) is 65.5 Å². The Balaban J connectivity index is 1.22. The largest absolute Gasteiger partial charge is 0.368 e. The molecule has 33 heavy (non-hydrogen) atoms. The van der Waals surface area contributed by atoms with Crippen LogP contribution in [-0.4, -0.2) is 47.9 Å². The number of thiazole rings is 1. The molecule has 2 heterocycles. The van der Waals surface area contributed by atoms with Crippen LogP contribution in [0.2, 0.25) is 10.0 Å². The van der Waals surface area contributed by atoms with Crippen molar-refractivity contribution in [3.8, 4) is 0 Å². The molecule has 0 radical (unpaired) electrons. The number of nitrogens with one attached hydrogen (secondary N) is 1. The Hall–Kier alpha value is -2.61. The number of anilines is 2. The molecule has 170 valence electrons. The second kappa shape index (κ2) is 9.33. The molecule has 1 unspecified atom stereocenters. The van der Waals surface area contributed by atoms with Crippen molar-refractivity contribution in [2.45, 2.75) is 18.8 Å². The zero-order valence-electron chi connectivity index (χ0n) is 17.8. The molecule has 1 aliphatic carbocycles. The number of aryl methyl sites for hydroxylation is 1. The predicted octanol–water partition coefficient (Wildman–Crippen LogP) is 5.08. The van der Waals surface area contributed by atoms with Gasteiger partial charge in [-0.25, -0.2) is 4.98 Å². The fraction of sp³-hybridized carbons (Fsp3) is 0.292. The first kappa shape index (κ1) is 22.2. The zero-order chi connectivity index (χ0) is 22.9. The summed E-state index contributed by atoms with van der Waals surface area (Å²) in [5.74, 6) is -0.352. The van der Waals surface area contributed by atoms with Crippen LogP contribution >= 0.6 is 34.5 Å². The number of aromatic nitrogens is 1. The van der Waals surface area contributed by atoms with E-state index >= 15 is 0 Å². The molecule has 3 aromatic rings. The lowest BCUT2D eigenvalue weighted by Gasteiger charge is -2.37. The normalized spacial score (nSPS) is 17.7. The monoisotopic (exact) mass is 500 g/mol. The quantitative estimate of drug-likeness (QED) is 0.542. The van der Waals surface area contributed by atoms with Crippen LogP contribution in [0.25, 0.3) is 0 Å². The summed E-state index contributed by atoms with van der Waals surface area (Å²) in [4.78, 5) is 35.7. The lowest BCUT2D eigenvalue weighted by Crippen LogP contribution is -2.50. The third-order valence-electron chi connectivity index (χ3n) is 6.11. The molecule has 9 heteroatoms. The first-order valence-electron chi connectivity index (χ1n) is 10.8. The second-order valence-electron chi connectivity index (χ2n) is 8.17. The Morgan fingerprint density at radius 1 is 1.00 bits per heavy atom. The first-order chi connectivity index (χ1) is 16.0. The van der Waals surface area contributed by atoms with Crippen molar-refractivity contribution < 1.29 is 9.59 Å². The van der Waals surface area contributed by atoms with Gasteiger partial charge in [-0.15, -0.1) is 11.3 Å². The SMILES string of the molecule is O=C(Nc1nc2c(s1)CCC2C(=O)N1CCN(c2cccc(Cl)c2)CC1)c1ccc(Cl)cc1. The molecule has 0 bridgehead atoms. The summed E-state index contributed by atoms with van der Waals surface area (Å²) in [5, 5.41) is 4.68. The number of rotatable bonds is 4. The van der Waals surface area contributed by atoms with Crippen molar-refractivity contribution in [2.75, 3.05) is 36.4 Å². The van der Waals surface area contributed by atoms with E-state index in [1.165, 1.54) is 11.3 Å². The molecule has 2 aromatic carbocycles. The van der Waals surface area contributed by atoms with Gasteiger partial charge in [0.2, 0.25) is 5.91 Å². The van der Waals surface area contributed by atoms with Crippen LogP contribution in [0, 0.1) is 0 Å². The molecule has 1 fully saturated rings. The van der Waals surface area contributed by atoms with E-state index in [1.807, 2.05) is 29.2 Å². The summed E-state index contributed by atoms with van der Waals surface area (Å²) in [6.07, 6.45) is 1.58. The van der Waals surface area contributed by atoms with Gasteiger partial charge in [0.25, 0.3) is 5.91 Å². The fourth-order valence-electron chi connectivity index (χ4n) is 4.37. The number of piperazine rings is 1. The van der Waals surface area contributed by atoms with Gasteiger partial charge in [-0.2, -0.15) is 0 Å². The molecule has 6 nitrogen and oxygen atoms in total. The predicted molar refractivity (Wildman–Crippen MR) is 133 cm³/mol. The van der Waals surface area contributed by atoms with Crippen LogP contribution in [-0.2, 0) is 11.2 Å². The third kappa shape index (κ3) is 4.71. The van der Waals surface area contributed by atoms with E-state index in [0.29, 0.717) is 33.8 Å². The van der Waals surface area contributed by atoms with Crippen molar-refractivity contribution in [3.63, 3.8) is 0 Å². The third-order valence-corrected chi connectivity index (χ3v) is 7.64. The lowest BCUT2D eigenvalue weighted by atomic mass is 10.1. The fourth-order valence-corrected chi connectivity index (χ4v) is 5.71. The van der Waals surface area contributed by atoms with Crippen molar-refractivity contribution >= 4 is 57.2 Å². The summed E-state index contributed by atoms with van der Waals surface area (Å²) in [6.45, 7) is 2.87. The molecule has 0 spiro atoms. The van der Waals surface area contributed by atoms with Crippen LogP contribution in [0.15, 0.2) is 48.5 Å². The number of carbonyl (C=O) groups is 2. The maximum absolute atomic E-state index is 13.3. The smallest absolute Gasteiger partial charge is 0.257 e. The number of nitrogens with zero attached hydrogens (tertiary/aromatic N) is 3. The molecule has 1 aromatic heterocycles. The van der Waals surface area contributed by atoms with Crippen molar-refractivity contribution in [1.82, 2.24) is 9.88 Å². The minimum Gasteiger partial charge on any atom is -0.368 e. The molecular formula is C24H22Cl2N4O2S. The number of hydrogen-bond acceptors (Lipinski definition) is 5. The summed E-state index contributed by atoms with van der Waals surface area (Å²) in [6, 6.07) is 14.5. The van der Waals surface area contributed by atoms with Crippen LogP contribution in [0.5, 0.6) is 0 Å². The molecular weight excluding hydrogens is 479 g/mol. The van der Waals surface area contributed by atoms with Gasteiger partial charge in [0, 0.05) is 52.4 Å². The van der Waals surface area contributed by atoms with E-state index in [4.69, 9.17) is 23.2 Å². The molecule has 2 aliphatic rings. The number of halogens is 2. The van der Waals surface area contributed by atoms with Crippen LogP contribution in [0.4, 0.5) is 10.8 Å². The van der Waals surface area contributed by atoms with E-state index in [0.717, 1.165) is 42.2 Å². The molecule has 1 N–H and O–H groups in total. The van der Waals surface area contributed by atoms with Gasteiger partial charge in [-0.3, -0.25) is 14.9 Å². The van der Waals surface area contributed by atoms with Crippen LogP contribution in [0.3, 0.4) is 0 Å². The summed E-state index contributed by atoms with van der Waals surface area (Å²) < 4.78 is 0. The van der Waals surface area contributed by atoms with Gasteiger partial charge >= 0.3 is 0 Å². The van der Waals surface area contributed by atoms with E-state index in [-0.39, 0.29) is 17.7 Å². The number of amides is 2. The Bertz CT molecular complexity index is 1190. The van der Waals surface area contributed by atoms with Crippen molar-refractivity contribution in [2.24, 2.45) is 0 Å². The van der Waals surface area contributed by atoms with Gasteiger partial charge in [0.15, 0.2) is 5.13 Å². The second-order valence-corrected chi connectivity index (χ2v) is 10.1. The Labute approximate surface area is 206 Å². The standard InChI is InChI=1S/C24H22Cl2N4O2S/c25-16-6-4-15(5-7-16)22(31)28-24-27-21-19(8-9-20(21)33-24)23(32)30-12-10-29(11-13-30)18-3-1-2-17(26)14-18/h1-7,14,19H,8-13H2,(H,27,28,31). The van der Waals surface area contributed by atoms with Crippen LogP contribution < -0.4 is 10.2 Å². The van der Waals surface area contributed by atoms with Crippen molar-refractivity contribution in [3.05, 3.63) is 74.7 Å². The Morgan fingerprint density at radius 3 is 2.48 bits per heavy atom. The minimum atomic E-state index is -0.241. The van der Waals surface area contributed by atoms with E-state index in [2.05, 4.69) is 15.2 Å². The van der Waals surface area contributed by atoms with E-state index in [1.54, 1.807) is 24.3 Å². The molecule has 1 aliphatic heterocycles. The van der Waals surface area contributed by atoms with Gasteiger partial charge in [0.1, 0.15) is 0 Å². The highest BCUT2D eigenvalue weighted by Crippen LogP contribution is 2.39. The average molecular weight is 501 g/mol. The Kier molecular flexibility index (Phi) is 6.27. The molecule has 5 rings (SSSR count). The lowest BCUT2D eigenvalue weighted by molar-refractivity contribution is -0.133. The van der Waals surface area contributed by atoms with Crippen LogP contribution in [0.1, 0.15) is 33.3 Å². The summed E-state index contributed by atoms with van der Waals surface area (Å²) in [5.41, 5.74) is 2.41. The highest BCUT2D eigenvalue weighted by Gasteiger charge is 2.36. The van der Waals surface area contributed by atoms with Gasteiger partial charge in [-0.1, -0.05) is 29.3 Å². The zero-order valence-corrected chi connectivity index (χ0v) is 20.1. The highest BCUT2D eigenvalue weighted by atomic mass is 35.5. The molecule has 1 saturated heterocycles. The number of fused-ring (bicyclic) bond motifs is 1. The van der Waals surface area contributed by atoms with Crippen molar-refractivity contribution in [1.29, 1.82) is 0 Å². The minimum absolute atomic E-state index is 0.125. The summed E-state index contributed by atoms with van der Waals surface area (Å²) >= 11 is 13.5. The van der Waals surface area contributed by atoms with Gasteiger partial charge in [-0.05, 0) is 55.3 Å². The van der Waals surface area contributed by atoms with Gasteiger partial charge < -0.3 is 9.80 Å². The summed E-state index contributed by atoms with van der Waals surface area (Å²) in [7, 11) is 0. The molecule has 1 atom stereocenters.